The summed E-state index contributed by atoms with van der Waals surface area (Å²) < 4.78 is 27.1. The Bertz CT molecular complexity index is 879. The van der Waals surface area contributed by atoms with E-state index in [4.69, 9.17) is 23.2 Å². The first kappa shape index (κ1) is 21.6. The van der Waals surface area contributed by atoms with E-state index in [-0.39, 0.29) is 4.90 Å². The van der Waals surface area contributed by atoms with Crippen LogP contribution in [0.1, 0.15) is 24.8 Å². The van der Waals surface area contributed by atoms with Crippen molar-refractivity contribution in [1.82, 2.24) is 9.62 Å². The Morgan fingerprint density at radius 3 is 2.07 bits per heavy atom. The van der Waals surface area contributed by atoms with Gasteiger partial charge in [-0.15, -0.1) is 0 Å². The molecule has 28 heavy (non-hydrogen) atoms. The van der Waals surface area contributed by atoms with E-state index in [1.807, 2.05) is 12.1 Å². The first-order valence-electron chi connectivity index (χ1n) is 9.25. The summed E-state index contributed by atoms with van der Waals surface area (Å²) in [5, 5.41) is 12.1. The quantitative estimate of drug-likeness (QED) is 0.642. The molecule has 1 fully saturated rings. The fourth-order valence-corrected chi connectivity index (χ4v) is 4.73. The maximum Gasteiger partial charge on any atom is 0.240 e. The summed E-state index contributed by atoms with van der Waals surface area (Å²) in [5.41, 5.74) is 0.0735. The normalized spacial score (nSPS) is 17.5. The van der Waals surface area contributed by atoms with E-state index in [9.17, 15) is 13.5 Å². The second-order valence-corrected chi connectivity index (χ2v) is 9.73. The topological polar surface area (TPSA) is 69.6 Å². The number of nitrogens with one attached hydrogen (secondary N) is 1. The minimum Gasteiger partial charge on any atom is -0.385 e. The second-order valence-electron chi connectivity index (χ2n) is 7.09. The van der Waals surface area contributed by atoms with Crippen molar-refractivity contribution >= 4 is 33.2 Å². The van der Waals surface area contributed by atoms with Crippen LogP contribution in [0.4, 0.5) is 0 Å². The molecular formula is C20H24Cl2N2O3S. The number of halogens is 2. The van der Waals surface area contributed by atoms with Crippen LogP contribution in [0, 0.1) is 0 Å². The third-order valence-electron chi connectivity index (χ3n) is 5.13. The smallest absolute Gasteiger partial charge is 0.240 e. The summed E-state index contributed by atoms with van der Waals surface area (Å²) in [7, 11) is -3.52. The van der Waals surface area contributed by atoms with Gasteiger partial charge in [0.15, 0.2) is 0 Å². The number of piperidine rings is 1. The zero-order chi connectivity index (χ0) is 20.2. The van der Waals surface area contributed by atoms with E-state index in [1.54, 1.807) is 24.3 Å². The maximum absolute atomic E-state index is 12.3. The molecule has 0 atom stereocenters. The fourth-order valence-electron chi connectivity index (χ4n) is 3.40. The Hall–Kier alpha value is -1.15. The molecular weight excluding hydrogens is 419 g/mol. The molecule has 0 spiro atoms. The number of aliphatic hydroxyl groups is 1. The lowest BCUT2D eigenvalue weighted by Gasteiger charge is -2.38. The Morgan fingerprint density at radius 1 is 0.964 bits per heavy atom. The second kappa shape index (κ2) is 9.11. The standard InChI is InChI=1S/C20H24Cl2N2O3S/c21-17-4-2-16(3-5-17)20(25)10-14-24(15-11-20)13-1-12-23-28(26,27)19-8-6-18(22)7-9-19/h2-9,23,25H,1,10-15H2. The first-order chi connectivity index (χ1) is 13.3. The van der Waals surface area contributed by atoms with E-state index in [0.29, 0.717) is 35.9 Å². The van der Waals surface area contributed by atoms with Gasteiger partial charge in [-0.3, -0.25) is 0 Å². The number of benzene rings is 2. The van der Waals surface area contributed by atoms with Gasteiger partial charge >= 0.3 is 0 Å². The number of rotatable bonds is 7. The molecule has 0 aromatic heterocycles. The lowest BCUT2D eigenvalue weighted by atomic mass is 9.84. The van der Waals surface area contributed by atoms with Crippen LogP contribution in [0.2, 0.25) is 10.0 Å². The predicted molar refractivity (Wildman–Crippen MR) is 112 cm³/mol. The number of nitrogens with zero attached hydrogens (tertiary/aromatic N) is 1. The van der Waals surface area contributed by atoms with E-state index in [2.05, 4.69) is 9.62 Å². The minimum atomic E-state index is -3.52. The van der Waals surface area contributed by atoms with Crippen LogP contribution >= 0.6 is 23.2 Å². The molecule has 2 N–H and O–H groups in total. The fraction of sp³-hybridized carbons (Fsp3) is 0.400. The lowest BCUT2D eigenvalue weighted by Crippen LogP contribution is -2.43. The van der Waals surface area contributed by atoms with Gasteiger partial charge in [0, 0.05) is 29.7 Å². The average molecular weight is 443 g/mol. The van der Waals surface area contributed by atoms with Crippen molar-refractivity contribution < 1.29 is 13.5 Å². The first-order valence-corrected chi connectivity index (χ1v) is 11.5. The van der Waals surface area contributed by atoms with Crippen LogP contribution in [0.5, 0.6) is 0 Å². The summed E-state index contributed by atoms with van der Waals surface area (Å²) in [6.07, 6.45) is 1.99. The Labute approximate surface area is 176 Å². The highest BCUT2D eigenvalue weighted by Gasteiger charge is 2.33. The van der Waals surface area contributed by atoms with Gasteiger partial charge in [0.1, 0.15) is 0 Å². The van der Waals surface area contributed by atoms with Crippen molar-refractivity contribution in [3.8, 4) is 0 Å². The van der Waals surface area contributed by atoms with E-state index in [1.165, 1.54) is 12.1 Å². The molecule has 152 valence electrons. The van der Waals surface area contributed by atoms with Gasteiger partial charge in [-0.05, 0) is 67.8 Å². The maximum atomic E-state index is 12.3. The third kappa shape index (κ3) is 5.47. The van der Waals surface area contributed by atoms with Crippen LogP contribution in [-0.2, 0) is 15.6 Å². The van der Waals surface area contributed by atoms with Crippen LogP contribution in [-0.4, -0.2) is 44.6 Å². The molecule has 0 aliphatic carbocycles. The van der Waals surface area contributed by atoms with Crippen LogP contribution < -0.4 is 4.72 Å². The van der Waals surface area contributed by atoms with E-state index in [0.717, 1.165) is 25.2 Å². The molecule has 0 bridgehead atoms. The van der Waals surface area contributed by atoms with Crippen molar-refractivity contribution in [3.63, 3.8) is 0 Å². The molecule has 1 saturated heterocycles. The van der Waals surface area contributed by atoms with Gasteiger partial charge < -0.3 is 10.0 Å². The van der Waals surface area contributed by atoms with Gasteiger partial charge in [0.25, 0.3) is 0 Å². The highest BCUT2D eigenvalue weighted by molar-refractivity contribution is 7.89. The number of likely N-dealkylation sites (tertiary alicyclic amines) is 1. The van der Waals surface area contributed by atoms with E-state index < -0.39 is 15.6 Å². The van der Waals surface area contributed by atoms with Crippen molar-refractivity contribution in [3.05, 3.63) is 64.1 Å². The molecule has 0 unspecified atom stereocenters. The molecule has 0 amide bonds. The van der Waals surface area contributed by atoms with Gasteiger partial charge in [-0.1, -0.05) is 35.3 Å². The molecule has 0 saturated carbocycles. The zero-order valence-corrected chi connectivity index (χ0v) is 17.8. The van der Waals surface area contributed by atoms with Crippen LogP contribution in [0.15, 0.2) is 53.4 Å². The van der Waals surface area contributed by atoms with Gasteiger partial charge in [0.2, 0.25) is 10.0 Å². The highest BCUT2D eigenvalue weighted by atomic mass is 35.5. The molecule has 2 aromatic carbocycles. The van der Waals surface area contributed by atoms with E-state index >= 15 is 0 Å². The van der Waals surface area contributed by atoms with Gasteiger partial charge in [-0.25, -0.2) is 13.1 Å². The van der Waals surface area contributed by atoms with Crippen molar-refractivity contribution in [2.24, 2.45) is 0 Å². The number of hydrogen-bond acceptors (Lipinski definition) is 4. The monoisotopic (exact) mass is 442 g/mol. The largest absolute Gasteiger partial charge is 0.385 e. The van der Waals surface area contributed by atoms with Crippen LogP contribution in [0.25, 0.3) is 0 Å². The predicted octanol–water partition coefficient (Wildman–Crippen LogP) is 3.65. The summed E-state index contributed by atoms with van der Waals surface area (Å²) in [6.45, 7) is 2.68. The Morgan fingerprint density at radius 2 is 1.50 bits per heavy atom. The summed E-state index contributed by atoms with van der Waals surface area (Å²) in [5.74, 6) is 0. The molecule has 1 aliphatic rings. The van der Waals surface area contributed by atoms with Crippen molar-refractivity contribution in [2.45, 2.75) is 29.8 Å². The molecule has 5 nitrogen and oxygen atoms in total. The van der Waals surface area contributed by atoms with Crippen molar-refractivity contribution in [1.29, 1.82) is 0 Å². The van der Waals surface area contributed by atoms with Crippen molar-refractivity contribution in [2.75, 3.05) is 26.2 Å². The summed E-state index contributed by atoms with van der Waals surface area (Å²) in [6, 6.07) is 13.5. The average Bonchev–Trinajstić information content (AvgIpc) is 2.67. The minimum absolute atomic E-state index is 0.211. The molecule has 1 heterocycles. The molecule has 8 heteroatoms. The molecule has 3 rings (SSSR count). The molecule has 2 aromatic rings. The number of sulfonamides is 1. The highest BCUT2D eigenvalue weighted by Crippen LogP contribution is 2.33. The summed E-state index contributed by atoms with van der Waals surface area (Å²) >= 11 is 11.7. The number of hydrogen-bond donors (Lipinski definition) is 2. The van der Waals surface area contributed by atoms with Gasteiger partial charge in [0.05, 0.1) is 10.5 Å². The van der Waals surface area contributed by atoms with Crippen LogP contribution in [0.3, 0.4) is 0 Å². The SMILES string of the molecule is O=S(=O)(NCCCN1CCC(O)(c2ccc(Cl)cc2)CC1)c1ccc(Cl)cc1. The molecule has 0 radical (unpaired) electrons. The Balaban J connectivity index is 1.43. The lowest BCUT2D eigenvalue weighted by molar-refractivity contribution is -0.0259. The molecule has 1 aliphatic heterocycles. The zero-order valence-electron chi connectivity index (χ0n) is 15.4. The third-order valence-corrected chi connectivity index (χ3v) is 7.11. The van der Waals surface area contributed by atoms with Gasteiger partial charge in [-0.2, -0.15) is 0 Å². The Kier molecular flexibility index (Phi) is 7.02. The summed E-state index contributed by atoms with van der Waals surface area (Å²) in [4.78, 5) is 2.46.